The lowest BCUT2D eigenvalue weighted by molar-refractivity contribution is 0.423. The summed E-state index contributed by atoms with van der Waals surface area (Å²) in [7, 11) is 0. The lowest BCUT2D eigenvalue weighted by atomic mass is 10.1. The van der Waals surface area contributed by atoms with Crippen molar-refractivity contribution in [1.82, 2.24) is 10.1 Å². The van der Waals surface area contributed by atoms with Crippen LogP contribution in [0.15, 0.2) is 63.6 Å². The van der Waals surface area contributed by atoms with Crippen LogP contribution >= 0.6 is 15.9 Å². The van der Waals surface area contributed by atoms with Gasteiger partial charge in [-0.05, 0) is 33.6 Å². The van der Waals surface area contributed by atoms with Gasteiger partial charge in [-0.2, -0.15) is 4.98 Å². The molecule has 0 aliphatic heterocycles. The standard InChI is InChI=1S/C15H11BrN2O/c16-13-9-5-4-8-12(13)15-17-14(18-19-15)10-11-6-2-1-3-7-11/h1-9H,10H2. The van der Waals surface area contributed by atoms with Gasteiger partial charge in [0.05, 0.1) is 5.56 Å². The van der Waals surface area contributed by atoms with Gasteiger partial charge in [0.25, 0.3) is 5.89 Å². The molecule has 0 N–H and O–H groups in total. The van der Waals surface area contributed by atoms with Crippen LogP contribution in [-0.2, 0) is 6.42 Å². The van der Waals surface area contributed by atoms with E-state index in [1.807, 2.05) is 42.5 Å². The molecule has 3 rings (SSSR count). The summed E-state index contributed by atoms with van der Waals surface area (Å²) in [4.78, 5) is 4.43. The second-order valence-corrected chi connectivity index (χ2v) is 5.01. The average Bonchev–Trinajstić information content (AvgIpc) is 2.89. The molecule has 0 aliphatic rings. The molecule has 0 saturated heterocycles. The Kier molecular flexibility index (Phi) is 3.42. The molecule has 0 spiro atoms. The van der Waals surface area contributed by atoms with E-state index in [0.29, 0.717) is 18.1 Å². The zero-order valence-corrected chi connectivity index (χ0v) is 11.7. The molecule has 1 aromatic heterocycles. The Bertz CT molecular complexity index is 679. The Hall–Kier alpha value is -1.94. The molecule has 94 valence electrons. The average molecular weight is 315 g/mol. The maximum Gasteiger partial charge on any atom is 0.259 e. The Balaban J connectivity index is 1.86. The van der Waals surface area contributed by atoms with E-state index in [0.717, 1.165) is 10.0 Å². The summed E-state index contributed by atoms with van der Waals surface area (Å²) in [6, 6.07) is 17.9. The third-order valence-corrected chi connectivity index (χ3v) is 3.47. The summed E-state index contributed by atoms with van der Waals surface area (Å²) >= 11 is 3.48. The predicted octanol–water partition coefficient (Wildman–Crippen LogP) is 4.09. The number of benzene rings is 2. The Labute approximate surface area is 119 Å². The molecular weight excluding hydrogens is 304 g/mol. The largest absolute Gasteiger partial charge is 0.334 e. The minimum Gasteiger partial charge on any atom is -0.334 e. The van der Waals surface area contributed by atoms with Crippen molar-refractivity contribution < 1.29 is 4.52 Å². The Morgan fingerprint density at radius 2 is 1.68 bits per heavy atom. The van der Waals surface area contributed by atoms with E-state index in [2.05, 4.69) is 38.2 Å². The van der Waals surface area contributed by atoms with Crippen molar-refractivity contribution in [2.75, 3.05) is 0 Å². The Morgan fingerprint density at radius 3 is 2.47 bits per heavy atom. The summed E-state index contributed by atoms with van der Waals surface area (Å²) in [5, 5.41) is 4.02. The van der Waals surface area contributed by atoms with Gasteiger partial charge in [0.2, 0.25) is 0 Å². The summed E-state index contributed by atoms with van der Waals surface area (Å²) in [5.74, 6) is 1.23. The van der Waals surface area contributed by atoms with Crippen LogP contribution in [0.3, 0.4) is 0 Å². The zero-order chi connectivity index (χ0) is 13.1. The fraction of sp³-hybridized carbons (Fsp3) is 0.0667. The molecule has 0 fully saturated rings. The first-order valence-corrected chi connectivity index (χ1v) is 6.73. The highest BCUT2D eigenvalue weighted by Crippen LogP contribution is 2.26. The normalized spacial score (nSPS) is 10.6. The van der Waals surface area contributed by atoms with Gasteiger partial charge < -0.3 is 4.52 Å². The van der Waals surface area contributed by atoms with Crippen LogP contribution in [0.5, 0.6) is 0 Å². The van der Waals surface area contributed by atoms with Gasteiger partial charge in [0.15, 0.2) is 5.82 Å². The number of nitrogens with zero attached hydrogens (tertiary/aromatic N) is 2. The van der Waals surface area contributed by atoms with Gasteiger partial charge in [-0.15, -0.1) is 0 Å². The fourth-order valence-electron chi connectivity index (χ4n) is 1.85. The van der Waals surface area contributed by atoms with Crippen molar-refractivity contribution in [3.05, 3.63) is 70.5 Å². The van der Waals surface area contributed by atoms with Crippen molar-refractivity contribution in [2.24, 2.45) is 0 Å². The highest BCUT2D eigenvalue weighted by molar-refractivity contribution is 9.10. The van der Waals surface area contributed by atoms with Gasteiger partial charge in [-0.3, -0.25) is 0 Å². The third-order valence-electron chi connectivity index (χ3n) is 2.78. The zero-order valence-electron chi connectivity index (χ0n) is 10.1. The lowest BCUT2D eigenvalue weighted by Crippen LogP contribution is -1.90. The van der Waals surface area contributed by atoms with Crippen LogP contribution in [-0.4, -0.2) is 10.1 Å². The summed E-state index contributed by atoms with van der Waals surface area (Å²) in [6.07, 6.45) is 0.675. The van der Waals surface area contributed by atoms with Gasteiger partial charge in [0, 0.05) is 10.9 Å². The number of halogens is 1. The van der Waals surface area contributed by atoms with Crippen LogP contribution in [0.2, 0.25) is 0 Å². The van der Waals surface area contributed by atoms with Crippen molar-refractivity contribution in [3.63, 3.8) is 0 Å². The second kappa shape index (κ2) is 5.36. The van der Waals surface area contributed by atoms with E-state index < -0.39 is 0 Å². The van der Waals surface area contributed by atoms with Crippen LogP contribution in [0.1, 0.15) is 11.4 Å². The highest BCUT2D eigenvalue weighted by atomic mass is 79.9. The van der Waals surface area contributed by atoms with Crippen molar-refractivity contribution in [2.45, 2.75) is 6.42 Å². The quantitative estimate of drug-likeness (QED) is 0.731. The lowest BCUT2D eigenvalue weighted by Gasteiger charge is -1.96. The van der Waals surface area contributed by atoms with Crippen molar-refractivity contribution in [1.29, 1.82) is 0 Å². The fourth-order valence-corrected chi connectivity index (χ4v) is 2.30. The number of hydrogen-bond acceptors (Lipinski definition) is 3. The monoisotopic (exact) mass is 314 g/mol. The summed E-state index contributed by atoms with van der Waals surface area (Å²) in [5.41, 5.74) is 2.08. The molecule has 0 aliphatic carbocycles. The number of rotatable bonds is 3. The molecule has 2 aromatic carbocycles. The molecule has 0 atom stereocenters. The molecule has 0 unspecified atom stereocenters. The first-order valence-electron chi connectivity index (χ1n) is 5.94. The van der Waals surface area contributed by atoms with Gasteiger partial charge >= 0.3 is 0 Å². The third kappa shape index (κ3) is 2.74. The molecule has 0 bridgehead atoms. The van der Waals surface area contributed by atoms with E-state index in [1.165, 1.54) is 5.56 Å². The molecule has 3 nitrogen and oxygen atoms in total. The van der Waals surface area contributed by atoms with Crippen LogP contribution in [0.25, 0.3) is 11.5 Å². The second-order valence-electron chi connectivity index (χ2n) is 4.16. The van der Waals surface area contributed by atoms with Crippen LogP contribution < -0.4 is 0 Å². The van der Waals surface area contributed by atoms with E-state index in [-0.39, 0.29) is 0 Å². The maximum atomic E-state index is 5.31. The van der Waals surface area contributed by atoms with Crippen LogP contribution in [0, 0.1) is 0 Å². The molecule has 0 radical (unpaired) electrons. The number of hydrogen-bond donors (Lipinski definition) is 0. The minimum absolute atomic E-state index is 0.540. The SMILES string of the molecule is Brc1ccccc1-c1nc(Cc2ccccc2)no1. The minimum atomic E-state index is 0.540. The van der Waals surface area contributed by atoms with E-state index >= 15 is 0 Å². The van der Waals surface area contributed by atoms with Gasteiger partial charge in [-0.25, -0.2) is 0 Å². The van der Waals surface area contributed by atoms with E-state index in [4.69, 9.17) is 4.52 Å². The van der Waals surface area contributed by atoms with Crippen molar-refractivity contribution in [3.8, 4) is 11.5 Å². The van der Waals surface area contributed by atoms with E-state index in [9.17, 15) is 0 Å². The molecule has 0 saturated carbocycles. The summed E-state index contributed by atoms with van der Waals surface area (Å²) in [6.45, 7) is 0. The topological polar surface area (TPSA) is 38.9 Å². The summed E-state index contributed by atoms with van der Waals surface area (Å²) < 4.78 is 6.26. The smallest absolute Gasteiger partial charge is 0.259 e. The molecule has 0 amide bonds. The number of aromatic nitrogens is 2. The van der Waals surface area contributed by atoms with E-state index in [1.54, 1.807) is 0 Å². The molecule has 4 heteroatoms. The van der Waals surface area contributed by atoms with Crippen LogP contribution in [0.4, 0.5) is 0 Å². The van der Waals surface area contributed by atoms with Gasteiger partial charge in [0.1, 0.15) is 0 Å². The highest BCUT2D eigenvalue weighted by Gasteiger charge is 2.11. The molecule has 19 heavy (non-hydrogen) atoms. The molecule has 1 heterocycles. The predicted molar refractivity (Wildman–Crippen MR) is 76.7 cm³/mol. The van der Waals surface area contributed by atoms with Gasteiger partial charge in [-0.1, -0.05) is 47.6 Å². The molecular formula is C15H11BrN2O. The Morgan fingerprint density at radius 1 is 0.947 bits per heavy atom. The first-order chi connectivity index (χ1) is 9.33. The first kappa shape index (κ1) is 12.1. The van der Waals surface area contributed by atoms with Crippen molar-refractivity contribution >= 4 is 15.9 Å². The maximum absolute atomic E-state index is 5.31. The molecule has 3 aromatic rings.